The van der Waals surface area contributed by atoms with E-state index in [0.29, 0.717) is 35.5 Å². The molecule has 0 saturated heterocycles. The molecule has 0 aliphatic carbocycles. The highest BCUT2D eigenvalue weighted by Crippen LogP contribution is 2.39. The Hall–Kier alpha value is -3.72. The van der Waals surface area contributed by atoms with Gasteiger partial charge in [-0.3, -0.25) is 9.59 Å². The molecule has 2 unspecified atom stereocenters. The Balaban J connectivity index is 1.72. The number of aryl methyl sites for hydroxylation is 1. The predicted molar refractivity (Wildman–Crippen MR) is 158 cm³/mol. The summed E-state index contributed by atoms with van der Waals surface area (Å²) in [7, 11) is 1.59. The second kappa shape index (κ2) is 12.4. The Labute approximate surface area is 230 Å². The lowest BCUT2D eigenvalue weighted by atomic mass is 9.94. The van der Waals surface area contributed by atoms with Crippen LogP contribution in [0.1, 0.15) is 59.7 Å². The van der Waals surface area contributed by atoms with E-state index < -0.39 is 6.10 Å². The number of amides is 2. The van der Waals surface area contributed by atoms with Gasteiger partial charge < -0.3 is 30.9 Å². The van der Waals surface area contributed by atoms with Crippen molar-refractivity contribution in [1.29, 1.82) is 0 Å². The number of aliphatic hydroxyl groups is 1. The molecule has 2 atom stereocenters. The van der Waals surface area contributed by atoms with Gasteiger partial charge in [0.2, 0.25) is 0 Å². The molecule has 2 aromatic carbocycles. The maximum Gasteiger partial charge on any atom is 0.256 e. The average molecular weight is 530 g/mol. The number of rotatable bonds is 11. The second-order valence-corrected chi connectivity index (χ2v) is 9.94. The number of hydrogen-bond acceptors (Lipinski definition) is 5. The Morgan fingerprint density at radius 1 is 1.13 bits per heavy atom. The molecule has 8 nitrogen and oxygen atoms in total. The van der Waals surface area contributed by atoms with E-state index in [1.165, 1.54) is 0 Å². The van der Waals surface area contributed by atoms with Crippen molar-refractivity contribution in [3.63, 3.8) is 0 Å². The summed E-state index contributed by atoms with van der Waals surface area (Å²) in [6, 6.07) is 15.2. The number of carbonyl (C=O) groups is 2. The number of aromatic amines is 1. The Morgan fingerprint density at radius 3 is 2.51 bits per heavy atom. The zero-order valence-electron chi connectivity index (χ0n) is 23.4. The fourth-order valence-electron chi connectivity index (χ4n) is 5.25. The van der Waals surface area contributed by atoms with Crippen LogP contribution >= 0.6 is 0 Å². The van der Waals surface area contributed by atoms with E-state index in [0.717, 1.165) is 41.2 Å². The number of anilines is 1. The van der Waals surface area contributed by atoms with E-state index >= 15 is 0 Å². The van der Waals surface area contributed by atoms with Gasteiger partial charge in [0.15, 0.2) is 0 Å². The molecule has 0 bridgehead atoms. The molecule has 0 saturated carbocycles. The van der Waals surface area contributed by atoms with Crippen LogP contribution in [0.2, 0.25) is 0 Å². The summed E-state index contributed by atoms with van der Waals surface area (Å²) in [4.78, 5) is 31.0. The summed E-state index contributed by atoms with van der Waals surface area (Å²) < 4.78 is 0. The van der Waals surface area contributed by atoms with Gasteiger partial charge >= 0.3 is 0 Å². The average Bonchev–Trinajstić information content (AvgIpc) is 3.45. The number of carbonyl (C=O) groups excluding carboxylic acids is 2. The van der Waals surface area contributed by atoms with Crippen LogP contribution in [-0.4, -0.2) is 66.1 Å². The fourth-order valence-corrected chi connectivity index (χ4v) is 5.25. The zero-order chi connectivity index (χ0) is 28.1. The topological polar surface area (TPSA) is 109 Å². The van der Waals surface area contributed by atoms with Gasteiger partial charge in [0.1, 0.15) is 0 Å². The number of aliphatic hydroxyl groups excluding tert-OH is 1. The van der Waals surface area contributed by atoms with Gasteiger partial charge in [-0.1, -0.05) is 44.2 Å². The molecule has 0 spiro atoms. The van der Waals surface area contributed by atoms with Gasteiger partial charge in [-0.05, 0) is 62.3 Å². The third-order valence-electron chi connectivity index (χ3n) is 7.36. The van der Waals surface area contributed by atoms with Crippen LogP contribution in [0.4, 0.5) is 5.69 Å². The minimum absolute atomic E-state index is 0.0560. The number of hydrogen-bond donors (Lipinski definition) is 5. The maximum absolute atomic E-state index is 13.0. The van der Waals surface area contributed by atoms with E-state index in [9.17, 15) is 14.7 Å². The number of fused-ring (bicyclic) bond motifs is 1. The van der Waals surface area contributed by atoms with Crippen molar-refractivity contribution < 1.29 is 14.7 Å². The highest BCUT2D eigenvalue weighted by atomic mass is 16.3. The fraction of sp³-hybridized carbons (Fsp3) is 0.355. The lowest BCUT2D eigenvalue weighted by molar-refractivity contribution is -0.110. The van der Waals surface area contributed by atoms with Crippen LogP contribution in [0.25, 0.3) is 22.8 Å². The van der Waals surface area contributed by atoms with Crippen LogP contribution in [-0.2, 0) is 4.79 Å². The largest absolute Gasteiger partial charge is 0.390 e. The molecule has 0 radical (unpaired) electrons. The van der Waals surface area contributed by atoms with Crippen LogP contribution in [0.15, 0.2) is 48.5 Å². The maximum atomic E-state index is 13.0. The van der Waals surface area contributed by atoms with Gasteiger partial charge in [-0.25, -0.2) is 0 Å². The monoisotopic (exact) mass is 529 g/mol. The molecule has 1 aliphatic rings. The lowest BCUT2D eigenvalue weighted by Crippen LogP contribution is -2.39. The van der Waals surface area contributed by atoms with Crippen molar-refractivity contribution in [1.82, 2.24) is 20.5 Å². The molecular weight excluding hydrogens is 490 g/mol. The molecule has 8 heteroatoms. The number of nitrogens with one attached hydrogen (secondary N) is 4. The molecule has 1 aromatic heterocycles. The van der Waals surface area contributed by atoms with Crippen LogP contribution in [0.5, 0.6) is 0 Å². The number of aromatic nitrogens is 1. The summed E-state index contributed by atoms with van der Waals surface area (Å²) in [6.45, 7) is 11.2. The lowest BCUT2D eigenvalue weighted by Gasteiger charge is -2.24. The first kappa shape index (κ1) is 28.3. The van der Waals surface area contributed by atoms with E-state index in [1.54, 1.807) is 25.2 Å². The first-order valence-corrected chi connectivity index (χ1v) is 13.6. The molecule has 2 heterocycles. The molecule has 4 rings (SSSR count). The molecular formula is C31H39N5O3. The molecule has 5 N–H and O–H groups in total. The number of likely N-dealkylation sites (N-methyl/N-ethyl adjacent to an activating group) is 1. The molecule has 1 aliphatic heterocycles. The molecule has 39 heavy (non-hydrogen) atoms. The Morgan fingerprint density at radius 2 is 1.85 bits per heavy atom. The number of nitrogens with zero attached hydrogens (tertiary/aromatic N) is 1. The van der Waals surface area contributed by atoms with Gasteiger partial charge in [0, 0.05) is 59.9 Å². The minimum Gasteiger partial charge on any atom is -0.390 e. The first-order chi connectivity index (χ1) is 18.8. The van der Waals surface area contributed by atoms with Gasteiger partial charge in [-0.2, -0.15) is 0 Å². The van der Waals surface area contributed by atoms with E-state index in [2.05, 4.69) is 58.7 Å². The number of H-pyrrole nitrogens is 1. The molecule has 206 valence electrons. The summed E-state index contributed by atoms with van der Waals surface area (Å²) in [5.41, 5.74) is 7.27. The summed E-state index contributed by atoms with van der Waals surface area (Å²) >= 11 is 0. The highest BCUT2D eigenvalue weighted by molar-refractivity contribution is 6.35. The van der Waals surface area contributed by atoms with Crippen molar-refractivity contribution >= 4 is 29.2 Å². The van der Waals surface area contributed by atoms with Gasteiger partial charge in [-0.15, -0.1) is 0 Å². The smallest absolute Gasteiger partial charge is 0.256 e. The highest BCUT2D eigenvalue weighted by Gasteiger charge is 2.27. The third-order valence-corrected chi connectivity index (χ3v) is 7.36. The standard InChI is InChI=1S/C31H39N5O3/c1-6-36(7-2)18-23(37)17-33-19(3)28-20(4)34-27(29(28)21-11-9-8-10-12-21)16-25-24-15-22(30(38)32-5)13-14-26(24)35-31(25)39/h8-16,19,23,33-34,37H,6-7,17-18H2,1-5H3,(H,32,38)(H,35,39). The molecule has 2 amide bonds. The van der Waals surface area contributed by atoms with E-state index in [1.807, 2.05) is 31.2 Å². The number of benzene rings is 2. The molecule has 0 fully saturated rings. The summed E-state index contributed by atoms with van der Waals surface area (Å²) in [5.74, 6) is -0.417. The molecule has 3 aromatic rings. The predicted octanol–water partition coefficient (Wildman–Crippen LogP) is 4.20. The third kappa shape index (κ3) is 6.14. The van der Waals surface area contributed by atoms with Crippen LogP contribution in [0, 0.1) is 6.92 Å². The zero-order valence-corrected chi connectivity index (χ0v) is 23.4. The Bertz CT molecular complexity index is 1360. The minimum atomic E-state index is -0.485. The van der Waals surface area contributed by atoms with Crippen molar-refractivity contribution in [3.8, 4) is 11.1 Å². The van der Waals surface area contributed by atoms with Crippen molar-refractivity contribution in [2.75, 3.05) is 38.5 Å². The summed E-state index contributed by atoms with van der Waals surface area (Å²) in [5, 5.41) is 19.7. The van der Waals surface area contributed by atoms with Crippen LogP contribution < -0.4 is 16.0 Å². The van der Waals surface area contributed by atoms with Crippen molar-refractivity contribution in [3.05, 3.63) is 76.6 Å². The Kier molecular flexibility index (Phi) is 9.01. The van der Waals surface area contributed by atoms with Gasteiger partial charge in [0.05, 0.1) is 11.7 Å². The first-order valence-electron chi connectivity index (χ1n) is 13.6. The van der Waals surface area contributed by atoms with Crippen molar-refractivity contribution in [2.24, 2.45) is 0 Å². The second-order valence-electron chi connectivity index (χ2n) is 9.94. The van der Waals surface area contributed by atoms with E-state index in [4.69, 9.17) is 0 Å². The van der Waals surface area contributed by atoms with Gasteiger partial charge in [0.25, 0.3) is 11.8 Å². The van der Waals surface area contributed by atoms with Crippen LogP contribution in [0.3, 0.4) is 0 Å². The SMILES string of the molecule is CCN(CC)CC(O)CNC(C)c1c(C)[nH]c(C=C2C(=O)Nc3ccc(C(=O)NC)cc32)c1-c1ccccc1. The quantitative estimate of drug-likeness (QED) is 0.239. The van der Waals surface area contributed by atoms with Crippen molar-refractivity contribution in [2.45, 2.75) is 39.8 Å². The van der Waals surface area contributed by atoms with E-state index in [-0.39, 0.29) is 17.9 Å². The summed E-state index contributed by atoms with van der Waals surface area (Å²) in [6.07, 6.45) is 1.39. The normalized spacial score (nSPS) is 15.4.